The van der Waals surface area contributed by atoms with Crippen molar-refractivity contribution in [2.75, 3.05) is 7.11 Å². The molecular formula is C18H14ClFN2O2. The fourth-order valence-electron chi connectivity index (χ4n) is 2.36. The van der Waals surface area contributed by atoms with Gasteiger partial charge < -0.3 is 10.1 Å². The first kappa shape index (κ1) is 16.2. The number of amidine groups is 1. The fraction of sp³-hybridized carbons (Fsp3) is 0.111. The summed E-state index contributed by atoms with van der Waals surface area (Å²) in [4.78, 5) is 16.4. The molecule has 0 spiro atoms. The van der Waals surface area contributed by atoms with E-state index in [0.29, 0.717) is 28.6 Å². The van der Waals surface area contributed by atoms with E-state index in [1.807, 2.05) is 12.1 Å². The molecule has 0 atom stereocenters. The first-order valence-corrected chi connectivity index (χ1v) is 7.61. The fourth-order valence-corrected chi connectivity index (χ4v) is 2.49. The number of amides is 1. The van der Waals surface area contributed by atoms with E-state index in [2.05, 4.69) is 10.3 Å². The third-order valence-corrected chi connectivity index (χ3v) is 3.77. The van der Waals surface area contributed by atoms with Gasteiger partial charge in [0.1, 0.15) is 23.1 Å². The molecule has 0 saturated heterocycles. The van der Waals surface area contributed by atoms with Gasteiger partial charge in [-0.05, 0) is 42.0 Å². The number of benzene rings is 2. The molecule has 1 heterocycles. The molecule has 6 heteroatoms. The molecular weight excluding hydrogens is 331 g/mol. The monoisotopic (exact) mass is 344 g/mol. The predicted octanol–water partition coefficient (Wildman–Crippen LogP) is 3.60. The van der Waals surface area contributed by atoms with Crippen LogP contribution in [0.4, 0.5) is 4.39 Å². The van der Waals surface area contributed by atoms with E-state index in [1.54, 1.807) is 12.1 Å². The van der Waals surface area contributed by atoms with Crippen molar-refractivity contribution in [1.82, 2.24) is 5.32 Å². The highest BCUT2D eigenvalue weighted by atomic mass is 35.5. The number of nitrogens with one attached hydrogen (secondary N) is 1. The highest BCUT2D eigenvalue weighted by molar-refractivity contribution is 6.30. The van der Waals surface area contributed by atoms with Crippen LogP contribution in [0.5, 0.6) is 5.75 Å². The zero-order valence-corrected chi connectivity index (χ0v) is 13.6. The van der Waals surface area contributed by atoms with E-state index in [9.17, 15) is 9.18 Å². The van der Waals surface area contributed by atoms with Crippen molar-refractivity contribution in [3.8, 4) is 5.75 Å². The molecule has 2 aromatic carbocycles. The van der Waals surface area contributed by atoms with E-state index in [4.69, 9.17) is 16.3 Å². The first-order valence-electron chi connectivity index (χ1n) is 7.24. The maximum atomic E-state index is 13.4. The minimum Gasteiger partial charge on any atom is -0.496 e. The van der Waals surface area contributed by atoms with Gasteiger partial charge in [0.2, 0.25) is 0 Å². The maximum Gasteiger partial charge on any atom is 0.275 e. The summed E-state index contributed by atoms with van der Waals surface area (Å²) >= 11 is 5.85. The molecule has 0 radical (unpaired) electrons. The number of rotatable bonds is 4. The lowest BCUT2D eigenvalue weighted by atomic mass is 10.1. The van der Waals surface area contributed by atoms with Crippen molar-refractivity contribution in [2.24, 2.45) is 4.99 Å². The number of carbonyl (C=O) groups is 1. The Hall–Kier alpha value is -2.66. The van der Waals surface area contributed by atoms with Gasteiger partial charge in [0, 0.05) is 17.0 Å². The largest absolute Gasteiger partial charge is 0.496 e. The number of aliphatic imine (C=N–C) groups is 1. The van der Waals surface area contributed by atoms with Gasteiger partial charge in [-0.3, -0.25) is 4.79 Å². The number of carbonyl (C=O) groups excluding carboxylic acids is 1. The van der Waals surface area contributed by atoms with Gasteiger partial charge in [0.25, 0.3) is 5.91 Å². The molecule has 0 unspecified atom stereocenters. The Labute approximate surface area is 143 Å². The summed E-state index contributed by atoms with van der Waals surface area (Å²) in [6, 6.07) is 11.4. The summed E-state index contributed by atoms with van der Waals surface area (Å²) in [6.07, 6.45) is 1.98. The van der Waals surface area contributed by atoms with Gasteiger partial charge >= 0.3 is 0 Å². The molecule has 2 aromatic rings. The number of methoxy groups -OCH3 is 1. The molecule has 122 valence electrons. The molecule has 0 bridgehead atoms. The second kappa shape index (κ2) is 6.84. The molecule has 1 aliphatic rings. The quantitative estimate of drug-likeness (QED) is 0.861. The lowest BCUT2D eigenvalue weighted by Gasteiger charge is -2.04. The summed E-state index contributed by atoms with van der Waals surface area (Å²) in [6.45, 7) is 0. The Morgan fingerprint density at radius 2 is 2.00 bits per heavy atom. The van der Waals surface area contributed by atoms with Crippen LogP contribution in [-0.4, -0.2) is 18.9 Å². The van der Waals surface area contributed by atoms with Crippen molar-refractivity contribution in [3.05, 3.63) is 70.1 Å². The number of hydrogen-bond donors (Lipinski definition) is 1. The van der Waals surface area contributed by atoms with Crippen LogP contribution in [0.15, 0.2) is 53.2 Å². The van der Waals surface area contributed by atoms with Gasteiger partial charge in [-0.1, -0.05) is 23.7 Å². The van der Waals surface area contributed by atoms with Crippen LogP contribution in [0.1, 0.15) is 11.1 Å². The average Bonchev–Trinajstić information content (AvgIpc) is 2.89. The van der Waals surface area contributed by atoms with Crippen molar-refractivity contribution >= 4 is 29.4 Å². The van der Waals surface area contributed by atoms with Gasteiger partial charge in [-0.25, -0.2) is 9.38 Å². The van der Waals surface area contributed by atoms with Crippen LogP contribution in [0.25, 0.3) is 6.08 Å². The Morgan fingerprint density at radius 1 is 1.25 bits per heavy atom. The maximum absolute atomic E-state index is 13.4. The molecule has 3 rings (SSSR count). The molecule has 0 saturated carbocycles. The minimum atomic E-state index is -0.411. The highest BCUT2D eigenvalue weighted by Crippen LogP contribution is 2.23. The van der Waals surface area contributed by atoms with E-state index < -0.39 is 5.82 Å². The summed E-state index contributed by atoms with van der Waals surface area (Å²) in [5.41, 5.74) is 1.64. The van der Waals surface area contributed by atoms with Crippen LogP contribution in [0.3, 0.4) is 0 Å². The third kappa shape index (κ3) is 3.63. The summed E-state index contributed by atoms with van der Waals surface area (Å²) in [5, 5.41) is 3.36. The Bertz CT molecular complexity index is 845. The van der Waals surface area contributed by atoms with Crippen LogP contribution < -0.4 is 10.1 Å². The van der Waals surface area contributed by atoms with Crippen LogP contribution in [-0.2, 0) is 11.2 Å². The van der Waals surface area contributed by atoms with Crippen molar-refractivity contribution in [1.29, 1.82) is 0 Å². The molecule has 0 fully saturated rings. The Balaban J connectivity index is 1.86. The van der Waals surface area contributed by atoms with E-state index >= 15 is 0 Å². The van der Waals surface area contributed by atoms with E-state index in [0.717, 1.165) is 5.56 Å². The smallest absolute Gasteiger partial charge is 0.275 e. The first-order chi connectivity index (χ1) is 11.5. The molecule has 1 aliphatic heterocycles. The second-order valence-electron chi connectivity index (χ2n) is 5.23. The van der Waals surface area contributed by atoms with E-state index in [-0.39, 0.29) is 11.6 Å². The summed E-state index contributed by atoms with van der Waals surface area (Å²) in [7, 11) is 1.49. The topological polar surface area (TPSA) is 50.7 Å². The number of nitrogens with zero attached hydrogens (tertiary/aromatic N) is 1. The number of halogens is 2. The van der Waals surface area contributed by atoms with Crippen molar-refractivity contribution in [2.45, 2.75) is 6.42 Å². The van der Waals surface area contributed by atoms with Crippen molar-refractivity contribution < 1.29 is 13.9 Å². The molecule has 1 amide bonds. The number of hydrogen-bond acceptors (Lipinski definition) is 3. The zero-order valence-electron chi connectivity index (χ0n) is 12.8. The van der Waals surface area contributed by atoms with Crippen LogP contribution in [0, 0.1) is 5.82 Å². The second-order valence-corrected chi connectivity index (χ2v) is 5.67. The van der Waals surface area contributed by atoms with Gasteiger partial charge in [0.05, 0.1) is 7.11 Å². The Kier molecular flexibility index (Phi) is 4.62. The summed E-state index contributed by atoms with van der Waals surface area (Å²) < 4.78 is 18.6. The molecule has 1 N–H and O–H groups in total. The normalized spacial score (nSPS) is 15.4. The lowest BCUT2D eigenvalue weighted by molar-refractivity contribution is -0.115. The predicted molar refractivity (Wildman–Crippen MR) is 91.7 cm³/mol. The van der Waals surface area contributed by atoms with Crippen molar-refractivity contribution in [3.63, 3.8) is 0 Å². The highest BCUT2D eigenvalue weighted by Gasteiger charge is 2.20. The molecule has 0 aliphatic carbocycles. The van der Waals surface area contributed by atoms with Crippen LogP contribution in [0.2, 0.25) is 5.02 Å². The lowest BCUT2D eigenvalue weighted by Crippen LogP contribution is -2.25. The van der Waals surface area contributed by atoms with E-state index in [1.165, 1.54) is 31.4 Å². The molecule has 24 heavy (non-hydrogen) atoms. The Morgan fingerprint density at radius 3 is 2.71 bits per heavy atom. The molecule has 4 nitrogen and oxygen atoms in total. The SMILES string of the molecule is COc1ccc(F)cc1/C=C1/N=C(Cc2ccc(Cl)cc2)NC1=O. The average molecular weight is 345 g/mol. The minimum absolute atomic E-state index is 0.211. The molecule has 0 aromatic heterocycles. The van der Waals surface area contributed by atoms with Gasteiger partial charge in [-0.2, -0.15) is 0 Å². The zero-order chi connectivity index (χ0) is 17.1. The third-order valence-electron chi connectivity index (χ3n) is 3.51. The summed E-state index contributed by atoms with van der Waals surface area (Å²) in [5.74, 6) is 0.263. The van der Waals surface area contributed by atoms with Crippen LogP contribution >= 0.6 is 11.6 Å². The number of ether oxygens (including phenoxy) is 1. The standard InChI is InChI=1S/C18H14ClFN2O2/c1-24-16-7-6-14(20)9-12(16)10-15-18(23)22-17(21-15)8-11-2-4-13(19)5-3-11/h2-7,9-10H,8H2,1H3,(H,21,22,23)/b15-10+. The van der Waals surface area contributed by atoms with Gasteiger partial charge in [-0.15, -0.1) is 0 Å². The van der Waals surface area contributed by atoms with Gasteiger partial charge in [0.15, 0.2) is 0 Å².